The normalized spacial score (nSPS) is 23.6. The minimum Gasteiger partial charge on any atom is -0.376 e. The van der Waals surface area contributed by atoms with Crippen molar-refractivity contribution in [1.29, 1.82) is 0 Å². The van der Waals surface area contributed by atoms with E-state index in [0.29, 0.717) is 34.9 Å². The van der Waals surface area contributed by atoms with Gasteiger partial charge in [0.2, 0.25) is 15.9 Å². The van der Waals surface area contributed by atoms with Crippen LogP contribution in [0, 0.1) is 5.92 Å². The number of carbonyl (C=O) groups excluding carboxylic acids is 1. The average Bonchev–Trinajstić information content (AvgIpc) is 3.36. The summed E-state index contributed by atoms with van der Waals surface area (Å²) in [4.78, 5) is 12.3. The van der Waals surface area contributed by atoms with Crippen LogP contribution in [0.15, 0.2) is 17.0 Å². The second kappa shape index (κ2) is 8.55. The molecule has 0 bridgehead atoms. The van der Waals surface area contributed by atoms with E-state index in [0.717, 1.165) is 12.8 Å². The van der Waals surface area contributed by atoms with E-state index in [4.69, 9.17) is 27.9 Å². The predicted octanol–water partition coefficient (Wildman–Crippen LogP) is 3.19. The van der Waals surface area contributed by atoms with Crippen molar-refractivity contribution in [3.8, 4) is 0 Å². The van der Waals surface area contributed by atoms with Crippen LogP contribution in [0.5, 0.6) is 0 Å². The Labute approximate surface area is 177 Å². The Morgan fingerprint density at radius 2 is 2.07 bits per heavy atom. The van der Waals surface area contributed by atoms with Gasteiger partial charge in [0, 0.05) is 42.5 Å². The molecule has 27 heavy (non-hydrogen) atoms. The third kappa shape index (κ3) is 4.46. The van der Waals surface area contributed by atoms with Crippen LogP contribution in [0.1, 0.15) is 24.8 Å². The molecule has 0 aromatic heterocycles. The minimum absolute atomic E-state index is 0.0558. The van der Waals surface area contributed by atoms with E-state index in [1.54, 1.807) is 0 Å². The van der Waals surface area contributed by atoms with Gasteiger partial charge >= 0.3 is 0 Å². The van der Waals surface area contributed by atoms with Gasteiger partial charge in [-0.15, -0.1) is 0 Å². The maximum atomic E-state index is 13.3. The Balaban J connectivity index is 1.91. The Hall–Kier alpha value is -0.380. The first-order chi connectivity index (χ1) is 12.8. The number of benzene rings is 1. The van der Waals surface area contributed by atoms with Crippen molar-refractivity contribution in [3.05, 3.63) is 27.7 Å². The first-order valence-electron chi connectivity index (χ1n) is 8.67. The van der Waals surface area contributed by atoms with Crippen LogP contribution < -0.4 is 5.32 Å². The molecule has 1 aromatic carbocycles. The topological polar surface area (TPSA) is 75.7 Å². The lowest BCUT2D eigenvalue weighted by molar-refractivity contribution is -0.123. The van der Waals surface area contributed by atoms with Gasteiger partial charge in [-0.3, -0.25) is 4.79 Å². The molecule has 2 aliphatic rings. The highest BCUT2D eigenvalue weighted by atomic mass is 79.9. The highest BCUT2D eigenvalue weighted by Crippen LogP contribution is 2.37. The third-order valence-corrected chi connectivity index (χ3v) is 8.28. The van der Waals surface area contributed by atoms with Crippen molar-refractivity contribution in [2.75, 3.05) is 20.2 Å². The highest BCUT2D eigenvalue weighted by molar-refractivity contribution is 9.08. The molecule has 150 valence electrons. The fourth-order valence-corrected chi connectivity index (χ4v) is 6.56. The number of nitrogens with zero attached hydrogens (tertiary/aromatic N) is 1. The van der Waals surface area contributed by atoms with Crippen LogP contribution in [0.25, 0.3) is 0 Å². The summed E-state index contributed by atoms with van der Waals surface area (Å²) < 4.78 is 33.7. The molecular weight excluding hydrogens is 479 g/mol. The zero-order valence-electron chi connectivity index (χ0n) is 14.8. The molecule has 1 saturated heterocycles. The number of hydrogen-bond donors (Lipinski definition) is 1. The first-order valence-corrected chi connectivity index (χ1v) is 12.0. The SMILES string of the molecule is CNC(=O)C1CC(OCC2CC2)CN1S(=O)(=O)c1ccc(Cl)c(CBr)c1Cl. The molecule has 1 N–H and O–H groups in total. The highest BCUT2D eigenvalue weighted by Gasteiger charge is 2.45. The molecule has 1 heterocycles. The van der Waals surface area contributed by atoms with Gasteiger partial charge in [-0.25, -0.2) is 8.42 Å². The molecule has 1 aliphatic carbocycles. The van der Waals surface area contributed by atoms with Gasteiger partial charge in [0.05, 0.1) is 11.1 Å². The summed E-state index contributed by atoms with van der Waals surface area (Å²) in [5, 5.41) is 3.31. The molecule has 6 nitrogen and oxygen atoms in total. The maximum Gasteiger partial charge on any atom is 0.245 e. The number of halogens is 3. The van der Waals surface area contributed by atoms with Crippen molar-refractivity contribution in [3.63, 3.8) is 0 Å². The van der Waals surface area contributed by atoms with E-state index in [-0.39, 0.29) is 28.5 Å². The van der Waals surface area contributed by atoms with Crippen molar-refractivity contribution in [2.24, 2.45) is 5.92 Å². The van der Waals surface area contributed by atoms with Gasteiger partial charge in [0.1, 0.15) is 10.9 Å². The Bertz CT molecular complexity index is 832. The summed E-state index contributed by atoms with van der Waals surface area (Å²) in [6, 6.07) is 2.05. The summed E-state index contributed by atoms with van der Waals surface area (Å²) in [6.45, 7) is 0.726. The zero-order valence-corrected chi connectivity index (χ0v) is 18.7. The molecule has 10 heteroatoms. The second-order valence-electron chi connectivity index (χ2n) is 6.81. The fraction of sp³-hybridized carbons (Fsp3) is 0.588. The van der Waals surface area contributed by atoms with Crippen LogP contribution in [-0.2, 0) is 24.9 Å². The lowest BCUT2D eigenvalue weighted by atomic mass is 10.2. The minimum atomic E-state index is -4.00. The second-order valence-corrected chi connectivity index (χ2v) is 10.0. The number of rotatable bonds is 7. The van der Waals surface area contributed by atoms with Crippen molar-refractivity contribution >= 4 is 55.1 Å². The van der Waals surface area contributed by atoms with Gasteiger partial charge in [-0.1, -0.05) is 39.1 Å². The lowest BCUT2D eigenvalue weighted by Gasteiger charge is -2.23. The summed E-state index contributed by atoms with van der Waals surface area (Å²) in [6.07, 6.45) is 2.29. The Morgan fingerprint density at radius 1 is 1.37 bits per heavy atom. The molecule has 1 saturated carbocycles. The zero-order chi connectivity index (χ0) is 19.8. The summed E-state index contributed by atoms with van der Waals surface area (Å²) in [5.41, 5.74) is 0.497. The first kappa shape index (κ1) is 21.3. The number of carbonyl (C=O) groups is 1. The van der Waals surface area contributed by atoms with Gasteiger partial charge in [0.15, 0.2) is 0 Å². The fourth-order valence-electron chi connectivity index (χ4n) is 3.14. The van der Waals surface area contributed by atoms with Gasteiger partial charge in [0.25, 0.3) is 0 Å². The number of likely N-dealkylation sites (N-methyl/N-ethyl adjacent to an activating group) is 1. The largest absolute Gasteiger partial charge is 0.376 e. The van der Waals surface area contributed by atoms with Crippen LogP contribution in [0.3, 0.4) is 0 Å². The van der Waals surface area contributed by atoms with Gasteiger partial charge in [-0.05, 0) is 30.9 Å². The Kier molecular flexibility index (Phi) is 6.75. The Morgan fingerprint density at radius 3 is 2.67 bits per heavy atom. The average molecular weight is 500 g/mol. The summed E-state index contributed by atoms with van der Waals surface area (Å²) >= 11 is 15.7. The van der Waals surface area contributed by atoms with E-state index in [2.05, 4.69) is 21.2 Å². The standard InChI is InChI=1S/C17H21BrCl2N2O4S/c1-21-17(23)14-6-11(26-9-10-2-3-10)8-22(14)27(24,25)15-5-4-13(19)12(7-18)16(15)20/h4-5,10-11,14H,2-3,6-9H2,1H3,(H,21,23). The molecular formula is C17H21BrCl2N2O4S. The molecule has 2 unspecified atom stereocenters. The molecule has 0 spiro atoms. The third-order valence-electron chi connectivity index (χ3n) is 4.90. The van der Waals surface area contributed by atoms with Crippen LogP contribution in [0.4, 0.5) is 0 Å². The van der Waals surface area contributed by atoms with E-state index in [1.807, 2.05) is 0 Å². The molecule has 1 amide bonds. The molecule has 1 aromatic rings. The van der Waals surface area contributed by atoms with E-state index in [9.17, 15) is 13.2 Å². The number of ether oxygens (including phenoxy) is 1. The van der Waals surface area contributed by atoms with Crippen LogP contribution in [-0.4, -0.2) is 51.0 Å². The molecule has 1 aliphatic heterocycles. The molecule has 2 atom stereocenters. The lowest BCUT2D eigenvalue weighted by Crippen LogP contribution is -2.44. The number of amides is 1. The number of sulfonamides is 1. The number of alkyl halides is 1. The molecule has 0 radical (unpaired) electrons. The maximum absolute atomic E-state index is 13.3. The van der Waals surface area contributed by atoms with Crippen molar-refractivity contribution in [2.45, 2.75) is 41.6 Å². The molecule has 3 rings (SSSR count). The summed E-state index contributed by atoms with van der Waals surface area (Å²) in [5.74, 6) is 0.197. The van der Waals surface area contributed by atoms with E-state index < -0.39 is 16.1 Å². The number of nitrogens with one attached hydrogen (secondary N) is 1. The van der Waals surface area contributed by atoms with Crippen LogP contribution in [0.2, 0.25) is 10.0 Å². The smallest absolute Gasteiger partial charge is 0.245 e. The van der Waals surface area contributed by atoms with Gasteiger partial charge < -0.3 is 10.1 Å². The quantitative estimate of drug-likeness (QED) is 0.584. The van der Waals surface area contributed by atoms with Crippen LogP contribution >= 0.6 is 39.1 Å². The summed E-state index contributed by atoms with van der Waals surface area (Å²) in [7, 11) is -2.51. The monoisotopic (exact) mass is 498 g/mol. The van der Waals surface area contributed by atoms with E-state index >= 15 is 0 Å². The van der Waals surface area contributed by atoms with Gasteiger partial charge in [-0.2, -0.15) is 4.31 Å². The molecule has 2 fully saturated rings. The van der Waals surface area contributed by atoms with Crippen molar-refractivity contribution in [1.82, 2.24) is 9.62 Å². The number of hydrogen-bond acceptors (Lipinski definition) is 4. The van der Waals surface area contributed by atoms with Crippen molar-refractivity contribution < 1.29 is 17.9 Å². The predicted molar refractivity (Wildman–Crippen MR) is 108 cm³/mol. The van der Waals surface area contributed by atoms with E-state index in [1.165, 1.54) is 23.5 Å².